The van der Waals surface area contributed by atoms with Gasteiger partial charge in [0.1, 0.15) is 24.7 Å². The zero-order chi connectivity index (χ0) is 19.5. The van der Waals surface area contributed by atoms with Gasteiger partial charge in [-0.3, -0.25) is 0 Å². The summed E-state index contributed by atoms with van der Waals surface area (Å²) in [5, 5.41) is 8.74. The standard InChI is InChI=1S/C19H17BrN2O5S/c1-23-13-5-11(6-14(8-13)24-2)18-21-22-19(27-18)28-10-12-7-16-17(9-15(12)20)26-4-3-25-16/h5-9H,3-4,10H2,1-2H3. The van der Waals surface area contributed by atoms with Gasteiger partial charge in [0.15, 0.2) is 11.5 Å². The molecule has 2 aromatic carbocycles. The first-order valence-electron chi connectivity index (χ1n) is 8.44. The molecule has 0 saturated carbocycles. The summed E-state index contributed by atoms with van der Waals surface area (Å²) in [6, 6.07) is 9.32. The van der Waals surface area contributed by atoms with E-state index in [9.17, 15) is 0 Å². The van der Waals surface area contributed by atoms with Crippen LogP contribution in [0.3, 0.4) is 0 Å². The van der Waals surface area contributed by atoms with E-state index in [1.807, 2.05) is 24.3 Å². The van der Waals surface area contributed by atoms with Crippen LogP contribution in [0.5, 0.6) is 23.0 Å². The summed E-state index contributed by atoms with van der Waals surface area (Å²) in [5.41, 5.74) is 1.79. The second-order valence-corrected chi connectivity index (χ2v) is 7.63. The van der Waals surface area contributed by atoms with Gasteiger partial charge in [0, 0.05) is 21.9 Å². The molecule has 1 aromatic heterocycles. The van der Waals surface area contributed by atoms with Crippen LogP contribution < -0.4 is 18.9 Å². The highest BCUT2D eigenvalue weighted by atomic mass is 79.9. The minimum absolute atomic E-state index is 0.404. The van der Waals surface area contributed by atoms with Crippen LogP contribution in [0.15, 0.2) is 44.4 Å². The van der Waals surface area contributed by atoms with Crippen LogP contribution in [0.4, 0.5) is 0 Å². The molecule has 0 spiro atoms. The van der Waals surface area contributed by atoms with Crippen molar-refractivity contribution >= 4 is 27.7 Å². The van der Waals surface area contributed by atoms with Crippen molar-refractivity contribution in [1.29, 1.82) is 0 Å². The molecule has 4 rings (SSSR count). The Labute approximate surface area is 174 Å². The first-order valence-corrected chi connectivity index (χ1v) is 10.2. The third-order valence-corrected chi connectivity index (χ3v) is 5.67. The molecule has 0 fully saturated rings. The minimum Gasteiger partial charge on any atom is -0.497 e. The van der Waals surface area contributed by atoms with Gasteiger partial charge in [0.2, 0.25) is 5.89 Å². The second-order valence-electron chi connectivity index (χ2n) is 5.85. The summed E-state index contributed by atoms with van der Waals surface area (Å²) >= 11 is 5.02. The van der Waals surface area contributed by atoms with Crippen molar-refractivity contribution in [3.05, 3.63) is 40.4 Å². The van der Waals surface area contributed by atoms with Gasteiger partial charge < -0.3 is 23.4 Å². The summed E-state index contributed by atoms with van der Waals surface area (Å²) in [7, 11) is 3.19. The molecule has 3 aromatic rings. The first kappa shape index (κ1) is 18.9. The van der Waals surface area contributed by atoms with Crippen LogP contribution in [-0.2, 0) is 5.75 Å². The van der Waals surface area contributed by atoms with Gasteiger partial charge >= 0.3 is 0 Å². The summed E-state index contributed by atoms with van der Waals surface area (Å²) in [4.78, 5) is 0. The smallest absolute Gasteiger partial charge is 0.277 e. The Morgan fingerprint density at radius 1 is 0.964 bits per heavy atom. The topological polar surface area (TPSA) is 75.8 Å². The summed E-state index contributed by atoms with van der Waals surface area (Å²) in [6.45, 7) is 1.12. The zero-order valence-electron chi connectivity index (χ0n) is 15.2. The number of rotatable bonds is 6. The molecule has 0 unspecified atom stereocenters. The number of thioether (sulfide) groups is 1. The molecule has 1 aliphatic heterocycles. The minimum atomic E-state index is 0.404. The molecule has 146 valence electrons. The fraction of sp³-hybridized carbons (Fsp3) is 0.263. The lowest BCUT2D eigenvalue weighted by Gasteiger charge is -2.19. The Morgan fingerprint density at radius 2 is 1.64 bits per heavy atom. The second kappa shape index (κ2) is 8.32. The normalized spacial score (nSPS) is 12.7. The Bertz CT molecular complexity index is 972. The average Bonchev–Trinajstić information content (AvgIpc) is 3.21. The van der Waals surface area contributed by atoms with E-state index in [4.69, 9.17) is 23.4 Å². The van der Waals surface area contributed by atoms with Gasteiger partial charge in [0.05, 0.1) is 14.2 Å². The van der Waals surface area contributed by atoms with Crippen molar-refractivity contribution < 1.29 is 23.4 Å². The highest BCUT2D eigenvalue weighted by molar-refractivity contribution is 9.10. The number of nitrogens with zero attached hydrogens (tertiary/aromatic N) is 2. The average molecular weight is 465 g/mol. The maximum Gasteiger partial charge on any atom is 0.277 e. The zero-order valence-corrected chi connectivity index (χ0v) is 17.6. The Balaban J connectivity index is 1.50. The summed E-state index contributed by atoms with van der Waals surface area (Å²) in [5.74, 6) is 3.85. The largest absolute Gasteiger partial charge is 0.497 e. The maximum atomic E-state index is 5.80. The highest BCUT2D eigenvalue weighted by Gasteiger charge is 2.17. The van der Waals surface area contributed by atoms with Crippen LogP contribution in [-0.4, -0.2) is 37.6 Å². The number of aromatic nitrogens is 2. The molecule has 28 heavy (non-hydrogen) atoms. The van der Waals surface area contributed by atoms with E-state index in [0.29, 0.717) is 41.6 Å². The summed E-state index contributed by atoms with van der Waals surface area (Å²) in [6.07, 6.45) is 0. The van der Waals surface area contributed by atoms with Crippen LogP contribution in [0.2, 0.25) is 0 Å². The van der Waals surface area contributed by atoms with E-state index in [0.717, 1.165) is 27.1 Å². The molecule has 0 saturated heterocycles. The van der Waals surface area contributed by atoms with E-state index >= 15 is 0 Å². The molecule has 0 atom stereocenters. The highest BCUT2D eigenvalue weighted by Crippen LogP contribution is 2.38. The van der Waals surface area contributed by atoms with Gasteiger partial charge in [0.25, 0.3) is 5.22 Å². The van der Waals surface area contributed by atoms with E-state index in [1.54, 1.807) is 20.3 Å². The van der Waals surface area contributed by atoms with Crippen LogP contribution in [0.25, 0.3) is 11.5 Å². The molecule has 2 heterocycles. The molecule has 1 aliphatic rings. The van der Waals surface area contributed by atoms with E-state index in [2.05, 4.69) is 26.1 Å². The van der Waals surface area contributed by atoms with Gasteiger partial charge in [-0.25, -0.2) is 0 Å². The SMILES string of the molecule is COc1cc(OC)cc(-c2nnc(SCc3cc4c(cc3Br)OCCO4)o2)c1. The van der Waals surface area contributed by atoms with Gasteiger partial charge in [-0.05, 0) is 29.8 Å². The van der Waals surface area contributed by atoms with Crippen molar-refractivity contribution in [2.45, 2.75) is 11.0 Å². The number of benzene rings is 2. The fourth-order valence-corrected chi connectivity index (χ4v) is 4.07. The van der Waals surface area contributed by atoms with Crippen molar-refractivity contribution in [3.63, 3.8) is 0 Å². The summed E-state index contributed by atoms with van der Waals surface area (Å²) < 4.78 is 28.6. The Kier molecular flexibility index (Phi) is 5.63. The van der Waals surface area contributed by atoms with Gasteiger partial charge in [-0.1, -0.05) is 27.7 Å². The lowest BCUT2D eigenvalue weighted by Crippen LogP contribution is -2.15. The number of fused-ring (bicyclic) bond motifs is 1. The lowest BCUT2D eigenvalue weighted by atomic mass is 10.2. The molecule has 0 radical (unpaired) electrons. The van der Waals surface area contributed by atoms with Crippen LogP contribution in [0.1, 0.15) is 5.56 Å². The van der Waals surface area contributed by atoms with E-state index in [-0.39, 0.29) is 0 Å². The van der Waals surface area contributed by atoms with Crippen LogP contribution in [0, 0.1) is 0 Å². The quantitative estimate of drug-likeness (QED) is 0.490. The van der Waals surface area contributed by atoms with Crippen molar-refractivity contribution in [3.8, 4) is 34.5 Å². The molecule has 0 N–H and O–H groups in total. The monoisotopic (exact) mass is 464 g/mol. The maximum absolute atomic E-state index is 5.80. The van der Waals surface area contributed by atoms with Crippen molar-refractivity contribution in [1.82, 2.24) is 10.2 Å². The number of halogens is 1. The predicted molar refractivity (Wildman–Crippen MR) is 108 cm³/mol. The van der Waals surface area contributed by atoms with Gasteiger partial charge in [-0.15, -0.1) is 10.2 Å². The molecule has 9 heteroatoms. The number of methoxy groups -OCH3 is 2. The van der Waals surface area contributed by atoms with Crippen molar-refractivity contribution in [2.24, 2.45) is 0 Å². The van der Waals surface area contributed by atoms with Gasteiger partial charge in [-0.2, -0.15) is 0 Å². The lowest BCUT2D eigenvalue weighted by molar-refractivity contribution is 0.171. The Hall–Kier alpha value is -2.39. The fourth-order valence-electron chi connectivity index (χ4n) is 2.67. The predicted octanol–water partition coefficient (Wildman–Crippen LogP) is 4.58. The third-order valence-electron chi connectivity index (χ3n) is 4.07. The van der Waals surface area contributed by atoms with Crippen molar-refractivity contribution in [2.75, 3.05) is 27.4 Å². The van der Waals surface area contributed by atoms with E-state index in [1.165, 1.54) is 11.8 Å². The third kappa shape index (κ3) is 4.05. The molecule has 0 aliphatic carbocycles. The van der Waals surface area contributed by atoms with E-state index < -0.39 is 0 Å². The number of hydrogen-bond acceptors (Lipinski definition) is 8. The molecular weight excluding hydrogens is 448 g/mol. The number of ether oxygens (including phenoxy) is 4. The molecular formula is C19H17BrN2O5S. The molecule has 0 amide bonds. The van der Waals surface area contributed by atoms with Crippen LogP contribution >= 0.6 is 27.7 Å². The Morgan fingerprint density at radius 3 is 2.32 bits per heavy atom. The molecule has 0 bridgehead atoms. The number of hydrogen-bond donors (Lipinski definition) is 0. The first-order chi connectivity index (χ1) is 13.7. The molecule has 7 nitrogen and oxygen atoms in total.